The highest BCUT2D eigenvalue weighted by atomic mass is 16.5. The fourth-order valence-electron chi connectivity index (χ4n) is 4.34. The van der Waals surface area contributed by atoms with E-state index in [9.17, 15) is 0 Å². The van der Waals surface area contributed by atoms with Gasteiger partial charge in [0.05, 0.1) is 6.54 Å². The molecule has 1 unspecified atom stereocenters. The van der Waals surface area contributed by atoms with Crippen LogP contribution in [0.1, 0.15) is 58.6 Å². The maximum Gasteiger partial charge on any atom is 0.193 e. The summed E-state index contributed by atoms with van der Waals surface area (Å²) in [5.74, 6) is 1.06. The fourth-order valence-corrected chi connectivity index (χ4v) is 4.34. The van der Waals surface area contributed by atoms with Gasteiger partial charge in [0.15, 0.2) is 5.96 Å². The van der Waals surface area contributed by atoms with Crippen molar-refractivity contribution in [2.75, 3.05) is 39.4 Å². The lowest BCUT2D eigenvalue weighted by molar-refractivity contribution is 0.0373. The van der Waals surface area contributed by atoms with Crippen molar-refractivity contribution < 1.29 is 4.74 Å². The lowest BCUT2D eigenvalue weighted by Crippen LogP contribution is -2.53. The highest BCUT2D eigenvalue weighted by Gasteiger charge is 2.35. The minimum Gasteiger partial charge on any atom is -0.381 e. The second-order valence-electron chi connectivity index (χ2n) is 9.18. The Morgan fingerprint density at radius 3 is 2.50 bits per heavy atom. The third-order valence-electron chi connectivity index (χ3n) is 6.12. The number of benzene rings is 1. The van der Waals surface area contributed by atoms with Gasteiger partial charge in [-0.25, -0.2) is 0 Å². The van der Waals surface area contributed by atoms with E-state index >= 15 is 0 Å². The first-order valence-electron chi connectivity index (χ1n) is 10.9. The quantitative estimate of drug-likeness (QED) is 0.579. The maximum atomic E-state index is 5.68. The SMILES string of the molecule is CCNC(=NCC1(NC(C)c2ccccc2)CCOCC1)N1CCC(C)(C)C1. The molecule has 0 aromatic heterocycles. The molecule has 5 nitrogen and oxygen atoms in total. The standard InChI is InChI=1S/C23H38N4O/c1-5-24-21(27-14-11-22(3,4)18-27)25-17-23(12-15-28-16-13-23)26-19(2)20-9-7-6-8-10-20/h6-10,19,26H,5,11-18H2,1-4H3,(H,24,25). The number of likely N-dealkylation sites (tertiary alicyclic amines) is 1. The topological polar surface area (TPSA) is 48.9 Å². The van der Waals surface area contributed by atoms with Crippen molar-refractivity contribution in [1.82, 2.24) is 15.5 Å². The van der Waals surface area contributed by atoms with Crippen molar-refractivity contribution in [2.24, 2.45) is 10.4 Å². The number of nitrogens with zero attached hydrogens (tertiary/aromatic N) is 2. The van der Waals surface area contributed by atoms with Gasteiger partial charge in [-0.15, -0.1) is 0 Å². The highest BCUT2D eigenvalue weighted by molar-refractivity contribution is 5.80. The van der Waals surface area contributed by atoms with Gasteiger partial charge in [-0.1, -0.05) is 44.2 Å². The van der Waals surface area contributed by atoms with Crippen LogP contribution in [0.25, 0.3) is 0 Å². The molecule has 28 heavy (non-hydrogen) atoms. The molecular formula is C23H38N4O. The second kappa shape index (κ2) is 9.27. The monoisotopic (exact) mass is 386 g/mol. The van der Waals surface area contributed by atoms with Gasteiger partial charge in [0.25, 0.3) is 0 Å². The molecule has 0 amide bonds. The number of hydrogen-bond acceptors (Lipinski definition) is 3. The largest absolute Gasteiger partial charge is 0.381 e. The molecule has 2 heterocycles. The molecule has 3 rings (SSSR count). The van der Waals surface area contributed by atoms with Crippen molar-refractivity contribution in [2.45, 2.75) is 58.5 Å². The van der Waals surface area contributed by atoms with Crippen LogP contribution < -0.4 is 10.6 Å². The van der Waals surface area contributed by atoms with E-state index in [1.807, 2.05) is 0 Å². The number of ether oxygens (including phenoxy) is 1. The molecule has 2 saturated heterocycles. The molecule has 0 bridgehead atoms. The van der Waals surface area contributed by atoms with Gasteiger partial charge in [-0.2, -0.15) is 0 Å². The maximum absolute atomic E-state index is 5.68. The van der Waals surface area contributed by atoms with Gasteiger partial charge in [0.2, 0.25) is 0 Å². The summed E-state index contributed by atoms with van der Waals surface area (Å²) in [6.07, 6.45) is 3.22. The third kappa shape index (κ3) is 5.48. The van der Waals surface area contributed by atoms with E-state index in [0.717, 1.165) is 58.2 Å². The first kappa shape index (κ1) is 21.1. The Kier molecular flexibility index (Phi) is 7.00. The van der Waals surface area contributed by atoms with Crippen molar-refractivity contribution >= 4 is 5.96 Å². The van der Waals surface area contributed by atoms with Crippen molar-refractivity contribution in [3.8, 4) is 0 Å². The van der Waals surface area contributed by atoms with Gasteiger partial charge >= 0.3 is 0 Å². The van der Waals surface area contributed by atoms with E-state index in [0.29, 0.717) is 11.5 Å². The van der Waals surface area contributed by atoms with Crippen LogP contribution in [0.15, 0.2) is 35.3 Å². The first-order chi connectivity index (χ1) is 13.4. The van der Waals surface area contributed by atoms with E-state index < -0.39 is 0 Å². The Morgan fingerprint density at radius 1 is 1.18 bits per heavy atom. The summed E-state index contributed by atoms with van der Waals surface area (Å²) in [7, 11) is 0. The zero-order valence-electron chi connectivity index (χ0n) is 18.1. The van der Waals surface area contributed by atoms with Crippen LogP contribution in [0.4, 0.5) is 0 Å². The molecular weight excluding hydrogens is 348 g/mol. The molecule has 156 valence electrons. The van der Waals surface area contributed by atoms with Crippen LogP contribution in [-0.4, -0.2) is 55.8 Å². The van der Waals surface area contributed by atoms with Gasteiger partial charge < -0.3 is 20.3 Å². The van der Waals surface area contributed by atoms with E-state index in [4.69, 9.17) is 9.73 Å². The molecule has 2 aliphatic rings. The van der Waals surface area contributed by atoms with Gasteiger partial charge in [-0.3, -0.25) is 4.99 Å². The first-order valence-corrected chi connectivity index (χ1v) is 10.9. The summed E-state index contributed by atoms with van der Waals surface area (Å²) >= 11 is 0. The average Bonchev–Trinajstić information content (AvgIpc) is 3.06. The minimum absolute atomic E-state index is 0.0105. The second-order valence-corrected chi connectivity index (χ2v) is 9.18. The molecule has 1 aromatic carbocycles. The lowest BCUT2D eigenvalue weighted by Gasteiger charge is -2.40. The summed E-state index contributed by atoms with van der Waals surface area (Å²) in [4.78, 5) is 7.54. The Bertz CT molecular complexity index is 637. The Hall–Kier alpha value is -1.59. The van der Waals surface area contributed by atoms with Gasteiger partial charge in [0, 0.05) is 44.4 Å². The molecule has 2 aliphatic heterocycles. The highest BCUT2D eigenvalue weighted by Crippen LogP contribution is 2.29. The summed E-state index contributed by atoms with van der Waals surface area (Å²) in [6.45, 7) is 14.5. The summed E-state index contributed by atoms with van der Waals surface area (Å²) in [5.41, 5.74) is 1.68. The average molecular weight is 387 g/mol. The Labute approximate surface area is 170 Å². The van der Waals surface area contributed by atoms with Crippen LogP contribution in [-0.2, 0) is 4.74 Å². The predicted molar refractivity (Wildman–Crippen MR) is 117 cm³/mol. The molecule has 2 N–H and O–H groups in total. The number of guanidine groups is 1. The molecule has 0 spiro atoms. The fraction of sp³-hybridized carbons (Fsp3) is 0.696. The Morgan fingerprint density at radius 2 is 1.89 bits per heavy atom. The third-order valence-corrected chi connectivity index (χ3v) is 6.12. The lowest BCUT2D eigenvalue weighted by atomic mass is 9.88. The zero-order valence-corrected chi connectivity index (χ0v) is 18.1. The summed E-state index contributed by atoms with van der Waals surface area (Å²) in [5, 5.41) is 7.44. The van der Waals surface area contributed by atoms with E-state index in [2.05, 4.69) is 73.6 Å². The van der Waals surface area contributed by atoms with Crippen LogP contribution >= 0.6 is 0 Å². The van der Waals surface area contributed by atoms with Crippen LogP contribution in [0.3, 0.4) is 0 Å². The van der Waals surface area contributed by atoms with Gasteiger partial charge in [0.1, 0.15) is 0 Å². The summed E-state index contributed by atoms with van der Waals surface area (Å²) < 4.78 is 5.68. The van der Waals surface area contributed by atoms with E-state index in [1.165, 1.54) is 12.0 Å². The number of aliphatic imine (C=N–C) groups is 1. The van der Waals surface area contributed by atoms with Crippen LogP contribution in [0.5, 0.6) is 0 Å². The molecule has 0 radical (unpaired) electrons. The van der Waals surface area contributed by atoms with Crippen molar-refractivity contribution in [1.29, 1.82) is 0 Å². The summed E-state index contributed by atoms with van der Waals surface area (Å²) in [6, 6.07) is 11.0. The normalized spacial score (nSPS) is 22.9. The van der Waals surface area contributed by atoms with Gasteiger partial charge in [-0.05, 0) is 44.1 Å². The van der Waals surface area contributed by atoms with Crippen molar-refractivity contribution in [3.05, 3.63) is 35.9 Å². The molecule has 1 atom stereocenters. The smallest absolute Gasteiger partial charge is 0.193 e. The molecule has 0 saturated carbocycles. The molecule has 1 aromatic rings. The predicted octanol–water partition coefficient (Wildman–Crippen LogP) is 3.58. The molecule has 5 heteroatoms. The number of nitrogens with one attached hydrogen (secondary N) is 2. The van der Waals surface area contributed by atoms with E-state index in [-0.39, 0.29) is 5.54 Å². The number of rotatable bonds is 6. The Balaban J connectivity index is 1.74. The van der Waals surface area contributed by atoms with Crippen LogP contribution in [0.2, 0.25) is 0 Å². The number of hydrogen-bond donors (Lipinski definition) is 2. The molecule has 0 aliphatic carbocycles. The van der Waals surface area contributed by atoms with Crippen LogP contribution in [0, 0.1) is 5.41 Å². The van der Waals surface area contributed by atoms with Crippen molar-refractivity contribution in [3.63, 3.8) is 0 Å². The zero-order chi connectivity index (χ0) is 20.0. The molecule has 2 fully saturated rings. The van der Waals surface area contributed by atoms with E-state index in [1.54, 1.807) is 0 Å². The minimum atomic E-state index is -0.0105.